The highest BCUT2D eigenvalue weighted by atomic mass is 16.6. The predicted octanol–water partition coefficient (Wildman–Crippen LogP) is 4.24. The van der Waals surface area contributed by atoms with Crippen LogP contribution in [-0.2, 0) is 6.54 Å². The van der Waals surface area contributed by atoms with Crippen LogP contribution in [0.3, 0.4) is 0 Å². The van der Waals surface area contributed by atoms with Crippen LogP contribution in [0, 0.1) is 22.0 Å². The Balaban J connectivity index is 1.41. The van der Waals surface area contributed by atoms with Gasteiger partial charge in [-0.1, -0.05) is 24.3 Å². The topological polar surface area (TPSA) is 132 Å². The van der Waals surface area contributed by atoms with Crippen molar-refractivity contribution in [3.8, 4) is 11.1 Å². The summed E-state index contributed by atoms with van der Waals surface area (Å²) in [6.07, 6.45) is 9.20. The van der Waals surface area contributed by atoms with Crippen LogP contribution in [0.2, 0.25) is 0 Å². The molecule has 3 aromatic rings. The van der Waals surface area contributed by atoms with E-state index in [1.54, 1.807) is 6.20 Å². The fourth-order valence-electron chi connectivity index (χ4n) is 4.21. The van der Waals surface area contributed by atoms with E-state index < -0.39 is 4.92 Å². The molecule has 9 nitrogen and oxygen atoms in total. The quantitative estimate of drug-likeness (QED) is 0.328. The van der Waals surface area contributed by atoms with Crippen molar-refractivity contribution in [1.82, 2.24) is 15.0 Å². The highest BCUT2D eigenvalue weighted by Gasteiger charge is 2.22. The minimum absolute atomic E-state index is 0.116. The number of hydrogen-bond acceptors (Lipinski definition) is 8. The lowest BCUT2D eigenvalue weighted by molar-refractivity contribution is -0.384. The molecule has 9 heteroatoms. The summed E-state index contributed by atoms with van der Waals surface area (Å²) >= 11 is 0. The van der Waals surface area contributed by atoms with E-state index in [9.17, 15) is 10.1 Å². The minimum atomic E-state index is -0.450. The zero-order chi connectivity index (χ0) is 23.0. The first-order valence-electron chi connectivity index (χ1n) is 11.3. The van der Waals surface area contributed by atoms with Gasteiger partial charge < -0.3 is 16.4 Å². The van der Waals surface area contributed by atoms with Gasteiger partial charge in [-0.2, -0.15) is 4.98 Å². The number of nitro groups is 1. The molecule has 4 N–H and O–H groups in total. The summed E-state index contributed by atoms with van der Waals surface area (Å²) in [4.78, 5) is 23.7. The first-order chi connectivity index (χ1) is 16.1. The highest BCUT2D eigenvalue weighted by Crippen LogP contribution is 2.29. The van der Waals surface area contributed by atoms with E-state index in [1.165, 1.54) is 6.20 Å². The molecular weight excluding hydrogens is 418 g/mol. The number of hydrogen-bond donors (Lipinski definition) is 3. The summed E-state index contributed by atoms with van der Waals surface area (Å²) < 4.78 is 0. The molecule has 0 atom stereocenters. The van der Waals surface area contributed by atoms with Crippen LogP contribution in [0.1, 0.15) is 31.2 Å². The molecule has 0 amide bonds. The second kappa shape index (κ2) is 10.8. The molecule has 2 heterocycles. The van der Waals surface area contributed by atoms with Crippen molar-refractivity contribution >= 4 is 17.5 Å². The fourth-order valence-corrected chi connectivity index (χ4v) is 4.21. The van der Waals surface area contributed by atoms with Crippen molar-refractivity contribution in [2.45, 2.75) is 32.2 Å². The van der Waals surface area contributed by atoms with Gasteiger partial charge in [-0.25, -0.2) is 4.98 Å². The molecular formula is C24H29N7O2. The van der Waals surface area contributed by atoms with Gasteiger partial charge >= 0.3 is 5.69 Å². The van der Waals surface area contributed by atoms with Crippen LogP contribution in [0.15, 0.2) is 55.0 Å². The molecule has 1 fully saturated rings. The first-order valence-corrected chi connectivity index (χ1v) is 11.3. The molecule has 0 saturated heterocycles. The number of nitrogens with one attached hydrogen (secondary N) is 2. The van der Waals surface area contributed by atoms with Gasteiger partial charge in [-0.15, -0.1) is 0 Å². The standard InChI is InChI=1S/C24H29N7O2/c25-12-17-6-8-18(9-7-17)13-27-23-22(31(32)33)16-29-24(30-23)28-14-19-3-1-4-20(11-19)21-5-2-10-26-15-21/h1-5,10-11,15-18H,6-9,12-14,25H2,(H2,27,28,29,30). The van der Waals surface area contributed by atoms with Crippen LogP contribution in [0.5, 0.6) is 0 Å². The van der Waals surface area contributed by atoms with Crippen molar-refractivity contribution in [2.24, 2.45) is 17.6 Å². The number of nitrogens with two attached hydrogens (primary N) is 1. The largest absolute Gasteiger partial charge is 0.364 e. The molecule has 172 valence electrons. The van der Waals surface area contributed by atoms with Crippen LogP contribution < -0.4 is 16.4 Å². The highest BCUT2D eigenvalue weighted by molar-refractivity contribution is 5.63. The second-order valence-corrected chi connectivity index (χ2v) is 8.48. The van der Waals surface area contributed by atoms with Crippen LogP contribution in [-0.4, -0.2) is 33.0 Å². The zero-order valence-electron chi connectivity index (χ0n) is 18.5. The van der Waals surface area contributed by atoms with E-state index in [2.05, 4.69) is 31.7 Å². The van der Waals surface area contributed by atoms with Crippen molar-refractivity contribution in [2.75, 3.05) is 23.7 Å². The third-order valence-electron chi connectivity index (χ3n) is 6.20. The lowest BCUT2D eigenvalue weighted by Gasteiger charge is -2.27. The Labute approximate surface area is 193 Å². The molecule has 33 heavy (non-hydrogen) atoms. The third-order valence-corrected chi connectivity index (χ3v) is 6.20. The summed E-state index contributed by atoms with van der Waals surface area (Å²) in [7, 11) is 0. The number of anilines is 2. The maximum Gasteiger partial charge on any atom is 0.329 e. The number of rotatable bonds is 9. The summed E-state index contributed by atoms with van der Waals surface area (Å²) in [5.74, 6) is 1.67. The average molecular weight is 448 g/mol. The SMILES string of the molecule is NCC1CCC(CNc2nc(NCc3cccc(-c4cccnc4)c3)ncc2[N+](=O)[O-])CC1. The maximum atomic E-state index is 11.5. The smallest absolute Gasteiger partial charge is 0.329 e. The van der Waals surface area contributed by atoms with Crippen molar-refractivity contribution in [3.63, 3.8) is 0 Å². The lowest BCUT2D eigenvalue weighted by atomic mass is 9.82. The number of pyridine rings is 1. The van der Waals surface area contributed by atoms with Crippen LogP contribution in [0.4, 0.5) is 17.5 Å². The van der Waals surface area contributed by atoms with E-state index in [0.29, 0.717) is 30.9 Å². The van der Waals surface area contributed by atoms with Gasteiger partial charge in [0.15, 0.2) is 0 Å². The predicted molar refractivity (Wildman–Crippen MR) is 129 cm³/mol. The average Bonchev–Trinajstić information content (AvgIpc) is 2.87. The molecule has 0 aliphatic heterocycles. The molecule has 0 unspecified atom stereocenters. The van der Waals surface area contributed by atoms with Gasteiger partial charge in [-0.3, -0.25) is 15.1 Å². The van der Waals surface area contributed by atoms with Crippen LogP contribution >= 0.6 is 0 Å². The fraction of sp³-hybridized carbons (Fsp3) is 0.375. The van der Waals surface area contributed by atoms with Gasteiger partial charge in [0.2, 0.25) is 11.8 Å². The third kappa shape index (κ3) is 6.01. The molecule has 0 spiro atoms. The molecule has 1 aliphatic carbocycles. The molecule has 4 rings (SSSR count). The second-order valence-electron chi connectivity index (χ2n) is 8.48. The molecule has 0 radical (unpaired) electrons. The molecule has 1 aliphatic rings. The van der Waals surface area contributed by atoms with Crippen LogP contribution in [0.25, 0.3) is 11.1 Å². The maximum absolute atomic E-state index is 11.5. The first kappa shape index (κ1) is 22.6. The minimum Gasteiger partial charge on any atom is -0.364 e. The number of benzene rings is 1. The monoisotopic (exact) mass is 447 g/mol. The Bertz CT molecular complexity index is 1070. The van der Waals surface area contributed by atoms with Crippen molar-refractivity contribution < 1.29 is 4.92 Å². The van der Waals surface area contributed by atoms with Gasteiger partial charge in [0.1, 0.15) is 6.20 Å². The Morgan fingerprint density at radius 1 is 1.03 bits per heavy atom. The van der Waals surface area contributed by atoms with Gasteiger partial charge in [0.25, 0.3) is 0 Å². The van der Waals surface area contributed by atoms with Gasteiger partial charge in [0.05, 0.1) is 4.92 Å². The summed E-state index contributed by atoms with van der Waals surface area (Å²) in [5, 5.41) is 17.8. The zero-order valence-corrected chi connectivity index (χ0v) is 18.5. The summed E-state index contributed by atoms with van der Waals surface area (Å²) in [6.45, 7) is 1.88. The van der Waals surface area contributed by atoms with Gasteiger partial charge in [-0.05, 0) is 72.9 Å². The molecule has 2 aromatic heterocycles. The Kier molecular flexibility index (Phi) is 7.41. The Morgan fingerprint density at radius 2 is 1.82 bits per heavy atom. The van der Waals surface area contributed by atoms with E-state index in [1.807, 2.05) is 36.5 Å². The van der Waals surface area contributed by atoms with E-state index >= 15 is 0 Å². The summed E-state index contributed by atoms with van der Waals surface area (Å²) in [6, 6.07) is 12.0. The van der Waals surface area contributed by atoms with E-state index in [-0.39, 0.29) is 11.5 Å². The molecule has 1 aromatic carbocycles. The normalized spacial score (nSPS) is 18.0. The lowest BCUT2D eigenvalue weighted by Crippen LogP contribution is -2.25. The number of nitrogens with zero attached hydrogens (tertiary/aromatic N) is 4. The number of aromatic nitrogens is 3. The molecule has 1 saturated carbocycles. The summed E-state index contributed by atoms with van der Waals surface area (Å²) in [5.41, 5.74) is 8.81. The van der Waals surface area contributed by atoms with Gasteiger partial charge in [0, 0.05) is 25.5 Å². The Morgan fingerprint density at radius 3 is 2.55 bits per heavy atom. The van der Waals surface area contributed by atoms with E-state index in [0.717, 1.165) is 48.9 Å². The molecule has 0 bridgehead atoms. The van der Waals surface area contributed by atoms with Crippen molar-refractivity contribution in [3.05, 3.63) is 70.7 Å². The van der Waals surface area contributed by atoms with Crippen molar-refractivity contribution in [1.29, 1.82) is 0 Å². The van der Waals surface area contributed by atoms with E-state index in [4.69, 9.17) is 5.73 Å². The Hall–Kier alpha value is -3.59.